The SMILES string of the molecule is CCCC1(CC(C)C(C)Cc2cncnc2)C(C)(c2cc(NC(=O)c3ccc(OC)cn3)ccc2F)N=C(N)N(C)S1(=O)=O. The lowest BCUT2D eigenvalue weighted by Gasteiger charge is -2.52. The number of hydrogen-bond donors (Lipinski definition) is 2. The summed E-state index contributed by atoms with van der Waals surface area (Å²) in [6.45, 7) is 7.56. The Hall–Kier alpha value is -4.13. The molecule has 1 aliphatic rings. The maximum Gasteiger partial charge on any atom is 0.274 e. The van der Waals surface area contributed by atoms with Gasteiger partial charge in [-0.2, -0.15) is 0 Å². The molecule has 1 aromatic carbocycles. The number of benzene rings is 1. The molecule has 3 aromatic rings. The highest BCUT2D eigenvalue weighted by Crippen LogP contribution is 2.53. The minimum absolute atomic E-state index is 0.0161. The summed E-state index contributed by atoms with van der Waals surface area (Å²) in [5.74, 6) is -1.03. The highest BCUT2D eigenvalue weighted by atomic mass is 32.2. The molecular formula is C31H40FN7O4S. The molecule has 13 heteroatoms. The van der Waals surface area contributed by atoms with Gasteiger partial charge in [-0.15, -0.1) is 0 Å². The number of hydrogen-bond acceptors (Lipinski definition) is 9. The number of anilines is 1. The molecule has 0 radical (unpaired) electrons. The Morgan fingerprint density at radius 3 is 2.45 bits per heavy atom. The molecule has 0 fully saturated rings. The van der Waals surface area contributed by atoms with Gasteiger partial charge in [0, 0.05) is 30.7 Å². The number of sulfonamides is 1. The summed E-state index contributed by atoms with van der Waals surface area (Å²) in [5.41, 5.74) is 5.92. The Balaban J connectivity index is 1.79. The smallest absolute Gasteiger partial charge is 0.274 e. The van der Waals surface area contributed by atoms with Crippen LogP contribution in [0.2, 0.25) is 0 Å². The van der Waals surface area contributed by atoms with Crippen molar-refractivity contribution in [2.75, 3.05) is 19.5 Å². The Bertz CT molecular complexity index is 1620. The summed E-state index contributed by atoms with van der Waals surface area (Å²) in [6, 6.07) is 7.16. The van der Waals surface area contributed by atoms with Gasteiger partial charge in [0.05, 0.1) is 13.3 Å². The number of rotatable bonds is 11. The van der Waals surface area contributed by atoms with Gasteiger partial charge in [-0.25, -0.2) is 37.1 Å². The number of methoxy groups -OCH3 is 1. The fourth-order valence-electron chi connectivity index (χ4n) is 6.06. The van der Waals surface area contributed by atoms with Crippen LogP contribution in [0.5, 0.6) is 5.75 Å². The first-order valence-electron chi connectivity index (χ1n) is 14.5. The quantitative estimate of drug-likeness (QED) is 0.316. The molecule has 4 rings (SSSR count). The lowest BCUT2D eigenvalue weighted by molar-refractivity contribution is 0.102. The molecule has 0 saturated heterocycles. The average molecular weight is 626 g/mol. The number of nitrogens with one attached hydrogen (secondary N) is 1. The number of carbonyl (C=O) groups is 1. The summed E-state index contributed by atoms with van der Waals surface area (Å²) in [4.78, 5) is 30.0. The fourth-order valence-corrected chi connectivity index (χ4v) is 8.47. The topological polar surface area (TPSA) is 153 Å². The highest BCUT2D eigenvalue weighted by molar-refractivity contribution is 7.91. The minimum Gasteiger partial charge on any atom is -0.495 e. The van der Waals surface area contributed by atoms with Gasteiger partial charge in [0.25, 0.3) is 5.91 Å². The third-order valence-corrected chi connectivity index (χ3v) is 11.5. The van der Waals surface area contributed by atoms with Crippen molar-refractivity contribution in [3.8, 4) is 5.75 Å². The zero-order valence-electron chi connectivity index (χ0n) is 25.9. The van der Waals surface area contributed by atoms with E-state index < -0.39 is 32.0 Å². The number of guanidine groups is 1. The zero-order valence-corrected chi connectivity index (χ0v) is 26.7. The molecule has 44 heavy (non-hydrogen) atoms. The second-order valence-electron chi connectivity index (χ2n) is 11.6. The fraction of sp³-hybridized carbons (Fsp3) is 0.452. The van der Waals surface area contributed by atoms with Gasteiger partial charge in [-0.1, -0.05) is 27.2 Å². The predicted octanol–water partition coefficient (Wildman–Crippen LogP) is 4.52. The second-order valence-corrected chi connectivity index (χ2v) is 13.9. The van der Waals surface area contributed by atoms with E-state index in [2.05, 4.69) is 27.2 Å². The number of amides is 1. The standard InChI is InChI=1S/C31H40FN7O4S/c1-7-12-31(15-21(3)20(2)13-22-16-34-19-35-17-22)30(4,38-29(33)39(5)44(31,41)42)25-14-23(8-10-26(25)32)37-28(40)27-11-9-24(43-6)18-36-27/h8-11,14,16-21H,7,12-13,15H2,1-6H3,(H2,33,38)(H,37,40). The van der Waals surface area contributed by atoms with E-state index in [1.807, 2.05) is 13.8 Å². The Labute approximate surface area is 258 Å². The van der Waals surface area contributed by atoms with E-state index in [9.17, 15) is 13.2 Å². The van der Waals surface area contributed by atoms with Gasteiger partial charge in [-0.05, 0) is 73.9 Å². The van der Waals surface area contributed by atoms with Crippen LogP contribution in [0, 0.1) is 17.7 Å². The lowest BCUT2D eigenvalue weighted by Crippen LogP contribution is -2.65. The number of nitrogens with two attached hydrogens (primary N) is 1. The first kappa shape index (κ1) is 32.8. The van der Waals surface area contributed by atoms with E-state index in [1.54, 1.807) is 25.4 Å². The van der Waals surface area contributed by atoms with Gasteiger partial charge in [-0.3, -0.25) is 4.79 Å². The molecular weight excluding hydrogens is 585 g/mol. The van der Waals surface area contributed by atoms with Crippen LogP contribution in [0.4, 0.5) is 10.1 Å². The van der Waals surface area contributed by atoms with Crippen LogP contribution in [0.1, 0.15) is 68.6 Å². The van der Waals surface area contributed by atoms with Gasteiger partial charge in [0.2, 0.25) is 16.0 Å². The molecule has 0 saturated carbocycles. The number of pyridine rings is 1. The van der Waals surface area contributed by atoms with Crippen molar-refractivity contribution in [1.82, 2.24) is 19.3 Å². The molecule has 236 valence electrons. The van der Waals surface area contributed by atoms with Crippen LogP contribution < -0.4 is 15.8 Å². The van der Waals surface area contributed by atoms with Crippen molar-refractivity contribution in [1.29, 1.82) is 0 Å². The van der Waals surface area contributed by atoms with Crippen LogP contribution >= 0.6 is 0 Å². The number of aromatic nitrogens is 3. The monoisotopic (exact) mass is 625 g/mol. The summed E-state index contributed by atoms with van der Waals surface area (Å²) in [6.07, 6.45) is 7.88. The van der Waals surface area contributed by atoms with Gasteiger partial charge in [0.15, 0.2) is 0 Å². The van der Waals surface area contributed by atoms with E-state index in [4.69, 9.17) is 15.5 Å². The van der Waals surface area contributed by atoms with Crippen molar-refractivity contribution >= 4 is 27.6 Å². The van der Waals surface area contributed by atoms with Gasteiger partial charge < -0.3 is 15.8 Å². The van der Waals surface area contributed by atoms with Gasteiger partial charge in [0.1, 0.15) is 33.9 Å². The molecule has 4 atom stereocenters. The van der Waals surface area contributed by atoms with Crippen LogP contribution in [0.3, 0.4) is 0 Å². The molecule has 0 bridgehead atoms. The van der Waals surface area contributed by atoms with Crippen molar-refractivity contribution in [2.45, 2.75) is 63.7 Å². The molecule has 0 aliphatic carbocycles. The molecule has 0 spiro atoms. The molecule has 2 aromatic heterocycles. The van der Waals surface area contributed by atoms with Crippen LogP contribution in [0.15, 0.2) is 60.2 Å². The van der Waals surface area contributed by atoms with Crippen LogP contribution in [0.25, 0.3) is 0 Å². The molecule has 1 aliphatic heterocycles. The maximum atomic E-state index is 15.9. The number of ether oxygens (including phenoxy) is 1. The minimum atomic E-state index is -4.16. The third kappa shape index (κ3) is 5.97. The Morgan fingerprint density at radius 2 is 1.84 bits per heavy atom. The normalized spacial score (nSPS) is 22.5. The van der Waals surface area contributed by atoms with E-state index >= 15 is 4.39 Å². The van der Waals surface area contributed by atoms with Gasteiger partial charge >= 0.3 is 0 Å². The van der Waals surface area contributed by atoms with Crippen molar-refractivity contribution in [3.63, 3.8) is 0 Å². The number of aliphatic imine (C=N–C) groups is 1. The largest absolute Gasteiger partial charge is 0.495 e. The number of nitrogens with zero attached hydrogens (tertiary/aromatic N) is 5. The summed E-state index contributed by atoms with van der Waals surface area (Å²) in [7, 11) is -1.29. The van der Waals surface area contributed by atoms with E-state index in [0.29, 0.717) is 18.6 Å². The molecule has 1 amide bonds. The number of carbonyl (C=O) groups excluding carboxylic acids is 1. The maximum absolute atomic E-state index is 15.9. The average Bonchev–Trinajstić information content (AvgIpc) is 3.00. The molecule has 11 nitrogen and oxygen atoms in total. The Morgan fingerprint density at radius 1 is 1.14 bits per heavy atom. The highest BCUT2D eigenvalue weighted by Gasteiger charge is 2.63. The summed E-state index contributed by atoms with van der Waals surface area (Å²) < 4.78 is 49.4. The van der Waals surface area contributed by atoms with E-state index in [1.165, 1.54) is 50.9 Å². The first-order chi connectivity index (χ1) is 20.8. The number of halogens is 1. The summed E-state index contributed by atoms with van der Waals surface area (Å²) in [5, 5.41) is 2.75. The molecule has 3 heterocycles. The predicted molar refractivity (Wildman–Crippen MR) is 167 cm³/mol. The van der Waals surface area contributed by atoms with Crippen LogP contribution in [-0.4, -0.2) is 58.4 Å². The zero-order chi connectivity index (χ0) is 32.3. The van der Waals surface area contributed by atoms with Crippen molar-refractivity contribution < 1.29 is 22.3 Å². The molecule has 4 unspecified atom stereocenters. The van der Waals surface area contributed by atoms with Crippen LogP contribution in [-0.2, 0) is 22.0 Å². The first-order valence-corrected chi connectivity index (χ1v) is 15.9. The third-order valence-electron chi connectivity index (χ3n) is 8.80. The molecule has 3 N–H and O–H groups in total. The van der Waals surface area contributed by atoms with Crippen molar-refractivity contribution in [3.05, 3.63) is 77.9 Å². The van der Waals surface area contributed by atoms with E-state index in [-0.39, 0.29) is 47.6 Å². The van der Waals surface area contributed by atoms with Crippen molar-refractivity contribution in [2.24, 2.45) is 22.6 Å². The second kappa shape index (κ2) is 12.8. The summed E-state index contributed by atoms with van der Waals surface area (Å²) >= 11 is 0. The lowest BCUT2D eigenvalue weighted by atomic mass is 9.70. The Kier molecular flexibility index (Phi) is 9.57. The van der Waals surface area contributed by atoms with E-state index in [0.717, 1.165) is 9.87 Å².